The van der Waals surface area contributed by atoms with E-state index in [1.54, 1.807) is 0 Å². The summed E-state index contributed by atoms with van der Waals surface area (Å²) in [7, 11) is 0. The summed E-state index contributed by atoms with van der Waals surface area (Å²) in [4.78, 5) is 0. The molecule has 0 aliphatic carbocycles. The summed E-state index contributed by atoms with van der Waals surface area (Å²) >= 11 is 0. The van der Waals surface area contributed by atoms with Crippen LogP contribution in [0.2, 0.25) is 0 Å². The maximum Gasteiger partial charge on any atom is 0.0859 e. The Balaban J connectivity index is 2.57. The lowest BCUT2D eigenvalue weighted by Crippen LogP contribution is -2.10. The van der Waals surface area contributed by atoms with Gasteiger partial charge in [0.2, 0.25) is 0 Å². The van der Waals surface area contributed by atoms with Gasteiger partial charge in [-0.15, -0.1) is 0 Å². The summed E-state index contributed by atoms with van der Waals surface area (Å²) in [6.07, 6.45) is 0.218. The first-order valence-corrected chi connectivity index (χ1v) is 6.05. The molecule has 0 fully saturated rings. The zero-order valence-electron chi connectivity index (χ0n) is 10.6. The highest BCUT2D eigenvalue weighted by atomic mass is 16.5. The highest BCUT2D eigenvalue weighted by molar-refractivity contribution is 5.57. The summed E-state index contributed by atoms with van der Waals surface area (Å²) in [6, 6.07) is 4.12. The molecule has 2 nitrogen and oxygen atoms in total. The molecule has 16 heavy (non-hydrogen) atoms. The second-order valence-corrected chi connectivity index (χ2v) is 5.27. The Morgan fingerprint density at radius 2 is 1.94 bits per heavy atom. The van der Waals surface area contributed by atoms with E-state index >= 15 is 0 Å². The first-order valence-electron chi connectivity index (χ1n) is 6.05. The number of anilines is 1. The van der Waals surface area contributed by atoms with E-state index in [0.717, 1.165) is 12.3 Å². The summed E-state index contributed by atoms with van der Waals surface area (Å²) < 4.78 is 5.88. The van der Waals surface area contributed by atoms with Gasteiger partial charge in [-0.3, -0.25) is 0 Å². The Kier molecular flexibility index (Phi) is 2.94. The molecule has 1 aliphatic rings. The minimum absolute atomic E-state index is 0.218. The minimum Gasteiger partial charge on any atom is -0.398 e. The van der Waals surface area contributed by atoms with E-state index in [1.165, 1.54) is 16.7 Å². The summed E-state index contributed by atoms with van der Waals surface area (Å²) in [5.41, 5.74) is 11.0. The number of ether oxygens (including phenoxy) is 1. The molecule has 0 amide bonds. The van der Waals surface area contributed by atoms with Gasteiger partial charge in [-0.25, -0.2) is 0 Å². The Bertz CT molecular complexity index is 396. The molecule has 1 aromatic carbocycles. The molecular weight excluding hydrogens is 198 g/mol. The Hall–Kier alpha value is -1.02. The lowest BCUT2D eigenvalue weighted by atomic mass is 9.87. The van der Waals surface area contributed by atoms with E-state index in [1.807, 2.05) is 6.07 Å². The molecule has 0 saturated heterocycles. The van der Waals surface area contributed by atoms with Crippen LogP contribution in [0, 0.1) is 5.92 Å². The van der Waals surface area contributed by atoms with Gasteiger partial charge in [0.1, 0.15) is 0 Å². The summed E-state index contributed by atoms with van der Waals surface area (Å²) in [5.74, 6) is 0.957. The van der Waals surface area contributed by atoms with Crippen molar-refractivity contribution in [2.75, 3.05) is 5.73 Å². The monoisotopic (exact) mass is 219 g/mol. The molecule has 2 heteroatoms. The van der Waals surface area contributed by atoms with Gasteiger partial charge in [0.05, 0.1) is 12.7 Å². The largest absolute Gasteiger partial charge is 0.398 e. The summed E-state index contributed by atoms with van der Waals surface area (Å²) in [5, 5.41) is 0. The molecule has 1 aliphatic heterocycles. The van der Waals surface area contributed by atoms with Crippen molar-refractivity contribution in [1.29, 1.82) is 0 Å². The number of fused-ring (bicyclic) bond motifs is 1. The molecule has 0 spiro atoms. The van der Waals surface area contributed by atoms with Gasteiger partial charge in [0.15, 0.2) is 0 Å². The van der Waals surface area contributed by atoms with E-state index in [-0.39, 0.29) is 6.10 Å². The van der Waals surface area contributed by atoms with Crippen molar-refractivity contribution in [2.24, 2.45) is 5.92 Å². The second-order valence-electron chi connectivity index (χ2n) is 5.27. The lowest BCUT2D eigenvalue weighted by Gasteiger charge is -2.21. The fourth-order valence-corrected chi connectivity index (χ4v) is 2.59. The number of rotatable bonds is 2. The third kappa shape index (κ3) is 1.71. The number of benzene rings is 1. The van der Waals surface area contributed by atoms with Crippen molar-refractivity contribution in [1.82, 2.24) is 0 Å². The van der Waals surface area contributed by atoms with E-state index in [0.29, 0.717) is 11.8 Å². The van der Waals surface area contributed by atoms with E-state index in [4.69, 9.17) is 10.5 Å². The Morgan fingerprint density at radius 1 is 1.25 bits per heavy atom. The van der Waals surface area contributed by atoms with Gasteiger partial charge >= 0.3 is 0 Å². The molecule has 0 aromatic heterocycles. The van der Waals surface area contributed by atoms with Crippen LogP contribution in [-0.4, -0.2) is 0 Å². The first-order chi connectivity index (χ1) is 7.52. The van der Waals surface area contributed by atoms with Gasteiger partial charge < -0.3 is 10.5 Å². The van der Waals surface area contributed by atoms with Crippen molar-refractivity contribution < 1.29 is 4.74 Å². The van der Waals surface area contributed by atoms with Crippen LogP contribution < -0.4 is 5.73 Å². The van der Waals surface area contributed by atoms with Crippen LogP contribution >= 0.6 is 0 Å². The van der Waals surface area contributed by atoms with E-state index in [9.17, 15) is 0 Å². The Labute approximate surface area is 97.8 Å². The van der Waals surface area contributed by atoms with Crippen molar-refractivity contribution in [3.63, 3.8) is 0 Å². The molecule has 0 radical (unpaired) electrons. The smallest absolute Gasteiger partial charge is 0.0859 e. The van der Waals surface area contributed by atoms with Crippen LogP contribution in [0.15, 0.2) is 12.1 Å². The van der Waals surface area contributed by atoms with Crippen molar-refractivity contribution in [3.8, 4) is 0 Å². The molecule has 2 N–H and O–H groups in total. The molecular formula is C14H21NO. The van der Waals surface area contributed by atoms with Crippen LogP contribution in [0.3, 0.4) is 0 Å². The average molecular weight is 219 g/mol. The van der Waals surface area contributed by atoms with Crippen molar-refractivity contribution in [2.45, 2.75) is 46.3 Å². The minimum atomic E-state index is 0.218. The van der Waals surface area contributed by atoms with E-state index < -0.39 is 0 Å². The summed E-state index contributed by atoms with van der Waals surface area (Å²) in [6.45, 7) is 9.53. The molecule has 2 rings (SSSR count). The van der Waals surface area contributed by atoms with Crippen molar-refractivity contribution >= 4 is 5.69 Å². The molecule has 1 heterocycles. The van der Waals surface area contributed by atoms with Gasteiger partial charge in [-0.2, -0.15) is 0 Å². The van der Waals surface area contributed by atoms with Gasteiger partial charge in [-0.05, 0) is 34.6 Å². The zero-order chi connectivity index (χ0) is 11.9. The maximum absolute atomic E-state index is 6.10. The number of hydrogen-bond donors (Lipinski definition) is 1. The third-order valence-corrected chi connectivity index (χ3v) is 3.30. The van der Waals surface area contributed by atoms with E-state index in [2.05, 4.69) is 33.8 Å². The normalized spacial score (nSPS) is 19.5. The van der Waals surface area contributed by atoms with Crippen LogP contribution in [-0.2, 0) is 11.3 Å². The standard InChI is InChI=1S/C14H21NO/c1-8(2)12-11(15)6-5-10-7-16-14(9(3)4)13(10)12/h5-6,8-9,14H,7,15H2,1-4H3. The van der Waals surface area contributed by atoms with Crippen molar-refractivity contribution in [3.05, 3.63) is 28.8 Å². The van der Waals surface area contributed by atoms with Crippen LogP contribution in [0.1, 0.15) is 56.4 Å². The van der Waals surface area contributed by atoms with Gasteiger partial charge in [-0.1, -0.05) is 33.8 Å². The molecule has 1 atom stereocenters. The SMILES string of the molecule is CC(C)c1c(N)ccc2c1C(C(C)C)OC2. The van der Waals surface area contributed by atoms with Crippen LogP contribution in [0.4, 0.5) is 5.69 Å². The molecule has 1 unspecified atom stereocenters. The fourth-order valence-electron chi connectivity index (χ4n) is 2.59. The lowest BCUT2D eigenvalue weighted by molar-refractivity contribution is 0.0337. The second kappa shape index (κ2) is 4.10. The highest BCUT2D eigenvalue weighted by Gasteiger charge is 2.30. The van der Waals surface area contributed by atoms with Gasteiger partial charge in [0, 0.05) is 5.69 Å². The molecule has 0 bridgehead atoms. The third-order valence-electron chi connectivity index (χ3n) is 3.30. The molecule has 1 aromatic rings. The molecule has 88 valence electrons. The average Bonchev–Trinajstić information content (AvgIpc) is 2.60. The number of hydrogen-bond acceptors (Lipinski definition) is 2. The molecule has 0 saturated carbocycles. The number of nitrogens with two attached hydrogens (primary N) is 1. The highest BCUT2D eigenvalue weighted by Crippen LogP contribution is 2.42. The topological polar surface area (TPSA) is 35.2 Å². The first kappa shape index (κ1) is 11.5. The van der Waals surface area contributed by atoms with Crippen LogP contribution in [0.5, 0.6) is 0 Å². The zero-order valence-corrected chi connectivity index (χ0v) is 10.6. The van der Waals surface area contributed by atoms with Crippen LogP contribution in [0.25, 0.3) is 0 Å². The predicted octanol–water partition coefficient (Wildman–Crippen LogP) is 3.62. The Morgan fingerprint density at radius 3 is 2.50 bits per heavy atom. The van der Waals surface area contributed by atoms with Gasteiger partial charge in [0.25, 0.3) is 0 Å². The fraction of sp³-hybridized carbons (Fsp3) is 0.571. The maximum atomic E-state index is 6.10. The quantitative estimate of drug-likeness (QED) is 0.771. The number of nitrogen functional groups attached to an aromatic ring is 1. The predicted molar refractivity (Wildman–Crippen MR) is 67.3 cm³/mol.